The van der Waals surface area contributed by atoms with Crippen LogP contribution in [0.15, 0.2) is 30.6 Å². The van der Waals surface area contributed by atoms with Crippen LogP contribution in [0.5, 0.6) is 0 Å². The van der Waals surface area contributed by atoms with Gasteiger partial charge in [-0.25, -0.2) is 9.97 Å². The van der Waals surface area contributed by atoms with Crippen LogP contribution < -0.4 is 16.4 Å². The number of rotatable bonds is 7. The molecule has 0 bridgehead atoms. The monoisotopic (exact) mass is 388 g/mol. The Morgan fingerprint density at radius 2 is 2.19 bits per heavy atom. The zero-order valence-electron chi connectivity index (χ0n) is 15.4. The fourth-order valence-electron chi connectivity index (χ4n) is 3.43. The summed E-state index contributed by atoms with van der Waals surface area (Å²) >= 11 is 6.09. The minimum Gasteiger partial charge on any atom is -0.383 e. The number of halogens is 1. The maximum Gasteiger partial charge on any atom is 0.221 e. The first kappa shape index (κ1) is 19.4. The maximum atomic E-state index is 11.5. The molecule has 0 saturated carbocycles. The largest absolute Gasteiger partial charge is 0.383 e. The van der Waals surface area contributed by atoms with Gasteiger partial charge in [-0.3, -0.25) is 9.69 Å². The zero-order chi connectivity index (χ0) is 19.2. The molecule has 8 heteroatoms. The Morgan fingerprint density at radius 1 is 1.37 bits per heavy atom. The van der Waals surface area contributed by atoms with Crippen molar-refractivity contribution in [2.75, 3.05) is 30.8 Å². The number of likely N-dealkylation sites (tertiary alicyclic amines) is 1. The van der Waals surface area contributed by atoms with E-state index in [4.69, 9.17) is 17.3 Å². The van der Waals surface area contributed by atoms with Gasteiger partial charge in [0.15, 0.2) is 11.0 Å². The molecule has 144 valence electrons. The Hall–Kier alpha value is -2.38. The summed E-state index contributed by atoms with van der Waals surface area (Å²) in [7, 11) is 1.79. The number of primary amides is 1. The van der Waals surface area contributed by atoms with Crippen LogP contribution in [-0.2, 0) is 17.9 Å². The summed E-state index contributed by atoms with van der Waals surface area (Å²) in [5.74, 6) is 0.441. The van der Waals surface area contributed by atoms with E-state index in [1.807, 2.05) is 6.07 Å². The molecule has 7 nitrogen and oxygen atoms in total. The standard InChI is InChI=1S/C19H25ClN6O/c1-22-16-17(20)24-12-25-19(16)23-9-13-4-2-5-14(8-13)10-26-7-3-6-15(11-26)18(21)27/h2,4-5,8,12,15,22H,3,6-7,9-11H2,1H3,(H2,21,27)(H,23,24,25). The molecule has 3 rings (SSSR count). The summed E-state index contributed by atoms with van der Waals surface area (Å²) in [5.41, 5.74) is 8.52. The first-order valence-electron chi connectivity index (χ1n) is 9.08. The maximum absolute atomic E-state index is 11.5. The second kappa shape index (κ2) is 9.01. The van der Waals surface area contributed by atoms with E-state index in [2.05, 4.69) is 43.7 Å². The highest BCUT2D eigenvalue weighted by Gasteiger charge is 2.23. The van der Waals surface area contributed by atoms with Gasteiger partial charge in [-0.2, -0.15) is 0 Å². The fraction of sp³-hybridized carbons (Fsp3) is 0.421. The summed E-state index contributed by atoms with van der Waals surface area (Å²) in [5, 5.41) is 6.70. The Morgan fingerprint density at radius 3 is 2.96 bits per heavy atom. The summed E-state index contributed by atoms with van der Waals surface area (Å²) in [6, 6.07) is 8.40. The first-order valence-corrected chi connectivity index (χ1v) is 9.46. The topological polar surface area (TPSA) is 96.2 Å². The van der Waals surface area contributed by atoms with E-state index in [-0.39, 0.29) is 11.8 Å². The lowest BCUT2D eigenvalue weighted by Crippen LogP contribution is -2.40. The quantitative estimate of drug-likeness (QED) is 0.630. The summed E-state index contributed by atoms with van der Waals surface area (Å²) in [6.45, 7) is 3.18. The predicted molar refractivity (Wildman–Crippen MR) is 108 cm³/mol. The molecule has 1 saturated heterocycles. The molecule has 1 fully saturated rings. The van der Waals surface area contributed by atoms with Crippen LogP contribution in [0.4, 0.5) is 11.5 Å². The Labute approximate surface area is 164 Å². The minimum absolute atomic E-state index is 0.0360. The van der Waals surface area contributed by atoms with E-state index in [1.54, 1.807) is 7.05 Å². The lowest BCUT2D eigenvalue weighted by atomic mass is 9.97. The number of nitrogens with one attached hydrogen (secondary N) is 2. The van der Waals surface area contributed by atoms with E-state index in [0.29, 0.717) is 23.2 Å². The van der Waals surface area contributed by atoms with E-state index in [9.17, 15) is 4.79 Å². The summed E-state index contributed by atoms with van der Waals surface area (Å²) in [6.07, 6.45) is 3.34. The molecule has 4 N–H and O–H groups in total. The molecule has 1 aromatic carbocycles. The van der Waals surface area contributed by atoms with Gasteiger partial charge in [-0.15, -0.1) is 0 Å². The van der Waals surface area contributed by atoms with Gasteiger partial charge in [-0.1, -0.05) is 35.9 Å². The van der Waals surface area contributed by atoms with Gasteiger partial charge in [0.2, 0.25) is 5.91 Å². The van der Waals surface area contributed by atoms with Crippen molar-refractivity contribution in [1.29, 1.82) is 0 Å². The van der Waals surface area contributed by atoms with Crippen molar-refractivity contribution in [1.82, 2.24) is 14.9 Å². The molecule has 0 spiro atoms. The number of piperidine rings is 1. The first-order chi connectivity index (χ1) is 13.1. The number of anilines is 2. The van der Waals surface area contributed by atoms with Crippen LogP contribution in [0, 0.1) is 5.92 Å². The molecule has 1 aliphatic rings. The lowest BCUT2D eigenvalue weighted by molar-refractivity contribution is -0.123. The van der Waals surface area contributed by atoms with Crippen molar-refractivity contribution in [3.63, 3.8) is 0 Å². The number of benzene rings is 1. The molecule has 1 aliphatic heterocycles. The Balaban J connectivity index is 1.62. The summed E-state index contributed by atoms with van der Waals surface area (Å²) < 4.78 is 0. The van der Waals surface area contributed by atoms with Crippen LogP contribution in [0.25, 0.3) is 0 Å². The van der Waals surface area contributed by atoms with Crippen molar-refractivity contribution < 1.29 is 4.79 Å². The van der Waals surface area contributed by atoms with Crippen molar-refractivity contribution in [3.8, 4) is 0 Å². The predicted octanol–water partition coefficient (Wildman–Crippen LogP) is 2.48. The van der Waals surface area contributed by atoms with Gasteiger partial charge in [0, 0.05) is 26.7 Å². The van der Waals surface area contributed by atoms with Crippen LogP contribution >= 0.6 is 11.6 Å². The van der Waals surface area contributed by atoms with Crippen LogP contribution in [0.1, 0.15) is 24.0 Å². The van der Waals surface area contributed by atoms with Crippen LogP contribution in [0.2, 0.25) is 5.15 Å². The molecule has 2 heterocycles. The van der Waals surface area contributed by atoms with Gasteiger partial charge in [0.25, 0.3) is 0 Å². The fourth-order valence-corrected chi connectivity index (χ4v) is 3.66. The molecule has 27 heavy (non-hydrogen) atoms. The molecule has 1 amide bonds. The number of carbonyl (C=O) groups excluding carboxylic acids is 1. The number of hydrogen-bond donors (Lipinski definition) is 3. The lowest BCUT2D eigenvalue weighted by Gasteiger charge is -2.31. The number of hydrogen-bond acceptors (Lipinski definition) is 6. The van der Waals surface area contributed by atoms with Gasteiger partial charge < -0.3 is 16.4 Å². The SMILES string of the molecule is CNc1c(Cl)ncnc1NCc1cccc(CN2CCCC(C(N)=O)C2)c1. The number of amides is 1. The molecule has 0 aliphatic carbocycles. The third kappa shape index (κ3) is 5.08. The molecule has 1 unspecified atom stereocenters. The third-order valence-corrected chi connectivity index (χ3v) is 5.10. The highest BCUT2D eigenvalue weighted by atomic mass is 35.5. The van der Waals surface area contributed by atoms with Gasteiger partial charge in [-0.05, 0) is 30.5 Å². The number of nitrogens with zero attached hydrogens (tertiary/aromatic N) is 3. The minimum atomic E-state index is -0.193. The second-order valence-electron chi connectivity index (χ2n) is 6.79. The second-order valence-corrected chi connectivity index (χ2v) is 7.15. The molecule has 1 aromatic heterocycles. The third-order valence-electron chi connectivity index (χ3n) is 4.82. The van der Waals surface area contributed by atoms with E-state index in [1.165, 1.54) is 11.9 Å². The Bertz CT molecular complexity index is 800. The number of aromatic nitrogens is 2. The molecular formula is C19H25ClN6O. The average molecular weight is 389 g/mol. The van der Waals surface area contributed by atoms with Crippen molar-refractivity contribution in [3.05, 3.63) is 46.9 Å². The summed E-state index contributed by atoms with van der Waals surface area (Å²) in [4.78, 5) is 22.0. The average Bonchev–Trinajstić information content (AvgIpc) is 2.67. The van der Waals surface area contributed by atoms with Crippen molar-refractivity contribution in [2.45, 2.75) is 25.9 Å². The van der Waals surface area contributed by atoms with Crippen molar-refractivity contribution >= 4 is 29.0 Å². The Kier molecular flexibility index (Phi) is 6.47. The van der Waals surface area contributed by atoms with E-state index < -0.39 is 0 Å². The highest BCUT2D eigenvalue weighted by molar-refractivity contribution is 6.32. The molecular weight excluding hydrogens is 364 g/mol. The van der Waals surface area contributed by atoms with E-state index in [0.717, 1.165) is 38.0 Å². The molecule has 0 radical (unpaired) electrons. The highest BCUT2D eigenvalue weighted by Crippen LogP contribution is 2.26. The van der Waals surface area contributed by atoms with Crippen LogP contribution in [0.3, 0.4) is 0 Å². The van der Waals surface area contributed by atoms with Gasteiger partial charge >= 0.3 is 0 Å². The normalized spacial score (nSPS) is 17.5. The van der Waals surface area contributed by atoms with E-state index >= 15 is 0 Å². The van der Waals surface area contributed by atoms with Gasteiger partial charge in [0.1, 0.15) is 12.0 Å². The van der Waals surface area contributed by atoms with Crippen molar-refractivity contribution in [2.24, 2.45) is 11.7 Å². The zero-order valence-corrected chi connectivity index (χ0v) is 16.2. The smallest absolute Gasteiger partial charge is 0.221 e. The van der Waals surface area contributed by atoms with Crippen LogP contribution in [-0.4, -0.2) is 40.9 Å². The molecule has 1 atom stereocenters. The number of nitrogens with two attached hydrogens (primary N) is 1. The number of carbonyl (C=O) groups is 1. The molecule has 2 aromatic rings. The van der Waals surface area contributed by atoms with Gasteiger partial charge in [0.05, 0.1) is 5.92 Å².